The lowest BCUT2D eigenvalue weighted by Crippen LogP contribution is -2.53. The van der Waals surface area contributed by atoms with E-state index >= 15 is 0 Å². The Morgan fingerprint density at radius 2 is 1.68 bits per heavy atom. The molecular formula is C16H20F2N2O2. The Balaban J connectivity index is 1.62. The molecule has 1 aliphatic heterocycles. The van der Waals surface area contributed by atoms with Gasteiger partial charge in [0, 0.05) is 43.9 Å². The average Bonchev–Trinajstić information content (AvgIpc) is 2.92. The van der Waals surface area contributed by atoms with E-state index < -0.39 is 11.6 Å². The normalized spacial score (nSPS) is 26.4. The minimum atomic E-state index is -0.740. The molecule has 0 spiro atoms. The van der Waals surface area contributed by atoms with E-state index in [1.165, 1.54) is 0 Å². The number of carbonyl (C=O) groups excluding carboxylic acids is 1. The molecule has 2 fully saturated rings. The van der Waals surface area contributed by atoms with Crippen molar-refractivity contribution in [2.45, 2.75) is 31.4 Å². The molecule has 1 aliphatic carbocycles. The molecule has 0 aromatic heterocycles. The van der Waals surface area contributed by atoms with Gasteiger partial charge in [-0.3, -0.25) is 9.69 Å². The Morgan fingerprint density at radius 1 is 1.05 bits per heavy atom. The Bertz CT molecular complexity index is 539. The first-order valence-electron chi connectivity index (χ1n) is 7.72. The van der Waals surface area contributed by atoms with Gasteiger partial charge in [-0.2, -0.15) is 0 Å². The molecule has 1 heterocycles. The third-order valence-corrected chi connectivity index (χ3v) is 4.62. The molecule has 120 valence electrons. The van der Waals surface area contributed by atoms with Crippen LogP contribution in [0.1, 0.15) is 29.6 Å². The lowest BCUT2D eigenvalue weighted by atomic mass is 10.1. The van der Waals surface area contributed by atoms with Gasteiger partial charge in [0.1, 0.15) is 11.6 Å². The highest BCUT2D eigenvalue weighted by Gasteiger charge is 2.33. The van der Waals surface area contributed by atoms with Gasteiger partial charge in [-0.05, 0) is 31.4 Å². The zero-order chi connectivity index (χ0) is 15.7. The van der Waals surface area contributed by atoms with Crippen LogP contribution < -0.4 is 0 Å². The van der Waals surface area contributed by atoms with Crippen molar-refractivity contribution in [1.29, 1.82) is 0 Å². The third-order valence-electron chi connectivity index (χ3n) is 4.62. The molecular weight excluding hydrogens is 290 g/mol. The first-order chi connectivity index (χ1) is 10.5. The van der Waals surface area contributed by atoms with Crippen molar-refractivity contribution in [3.05, 3.63) is 35.4 Å². The maximum atomic E-state index is 13.2. The van der Waals surface area contributed by atoms with Crippen LogP contribution >= 0.6 is 0 Å². The first-order valence-corrected chi connectivity index (χ1v) is 7.72. The van der Waals surface area contributed by atoms with Crippen molar-refractivity contribution >= 4 is 5.91 Å². The quantitative estimate of drug-likeness (QED) is 0.903. The van der Waals surface area contributed by atoms with Crippen LogP contribution in [0.15, 0.2) is 18.2 Å². The van der Waals surface area contributed by atoms with Crippen LogP contribution in [0.3, 0.4) is 0 Å². The number of benzene rings is 1. The molecule has 0 radical (unpaired) electrons. The number of amides is 1. The van der Waals surface area contributed by atoms with Crippen LogP contribution in [0.2, 0.25) is 0 Å². The first kappa shape index (κ1) is 15.4. The van der Waals surface area contributed by atoms with Crippen LogP contribution in [0.5, 0.6) is 0 Å². The molecule has 1 amide bonds. The highest BCUT2D eigenvalue weighted by Crippen LogP contribution is 2.25. The molecule has 6 heteroatoms. The van der Waals surface area contributed by atoms with Crippen molar-refractivity contribution < 1.29 is 18.7 Å². The smallest absolute Gasteiger partial charge is 0.254 e. The minimum absolute atomic E-state index is 0.0480. The standard InChI is InChI=1S/C16H20F2N2O2/c17-12-8-11(9-13(18)10-12)16(22)20-6-4-19(5-7-20)14-2-1-3-15(14)21/h8-10,14-15,21H,1-7H2. The molecule has 1 aromatic carbocycles. The predicted octanol–water partition coefficient (Wildman–Crippen LogP) is 1.64. The summed E-state index contributed by atoms with van der Waals surface area (Å²) in [5.74, 6) is -1.82. The summed E-state index contributed by atoms with van der Waals surface area (Å²) in [6.45, 7) is 2.40. The van der Waals surface area contributed by atoms with E-state index in [-0.39, 0.29) is 23.6 Å². The van der Waals surface area contributed by atoms with Crippen molar-refractivity contribution in [3.63, 3.8) is 0 Å². The van der Waals surface area contributed by atoms with Crippen LogP contribution in [0.4, 0.5) is 8.78 Å². The summed E-state index contributed by atoms with van der Waals surface area (Å²) >= 11 is 0. The number of aliphatic hydroxyl groups excluding tert-OH is 1. The van der Waals surface area contributed by atoms with Crippen LogP contribution in [0.25, 0.3) is 0 Å². The molecule has 1 saturated heterocycles. The van der Waals surface area contributed by atoms with Gasteiger partial charge < -0.3 is 10.0 Å². The second-order valence-electron chi connectivity index (χ2n) is 6.05. The molecule has 2 atom stereocenters. The largest absolute Gasteiger partial charge is 0.391 e. The van der Waals surface area contributed by atoms with Gasteiger partial charge in [0.15, 0.2) is 0 Å². The molecule has 1 saturated carbocycles. The number of carbonyl (C=O) groups is 1. The summed E-state index contributed by atoms with van der Waals surface area (Å²) in [5.41, 5.74) is 0.0480. The molecule has 2 aliphatic rings. The molecule has 1 aromatic rings. The zero-order valence-electron chi connectivity index (χ0n) is 12.3. The van der Waals surface area contributed by atoms with Crippen molar-refractivity contribution in [2.24, 2.45) is 0 Å². The fourth-order valence-electron chi connectivity index (χ4n) is 3.46. The molecule has 4 nitrogen and oxygen atoms in total. The van der Waals surface area contributed by atoms with Crippen LogP contribution in [-0.2, 0) is 0 Å². The zero-order valence-corrected chi connectivity index (χ0v) is 12.3. The summed E-state index contributed by atoms with van der Waals surface area (Å²) < 4.78 is 26.4. The second-order valence-corrected chi connectivity index (χ2v) is 6.05. The Morgan fingerprint density at radius 3 is 2.23 bits per heavy atom. The monoisotopic (exact) mass is 310 g/mol. The summed E-state index contributed by atoms with van der Waals surface area (Å²) in [4.78, 5) is 16.2. The predicted molar refractivity (Wildman–Crippen MR) is 77.5 cm³/mol. The Kier molecular flexibility index (Phi) is 4.40. The van der Waals surface area contributed by atoms with E-state index in [1.807, 2.05) is 0 Å². The molecule has 2 unspecified atom stereocenters. The Hall–Kier alpha value is -1.53. The lowest BCUT2D eigenvalue weighted by Gasteiger charge is -2.39. The van der Waals surface area contributed by atoms with E-state index in [4.69, 9.17) is 0 Å². The van der Waals surface area contributed by atoms with Gasteiger partial charge in [-0.1, -0.05) is 0 Å². The number of rotatable bonds is 2. The number of nitrogens with zero attached hydrogens (tertiary/aromatic N) is 2. The molecule has 22 heavy (non-hydrogen) atoms. The highest BCUT2D eigenvalue weighted by molar-refractivity contribution is 5.94. The number of hydrogen-bond donors (Lipinski definition) is 1. The number of halogens is 2. The summed E-state index contributed by atoms with van der Waals surface area (Å²) in [7, 11) is 0. The number of piperazine rings is 1. The van der Waals surface area contributed by atoms with Gasteiger partial charge in [0.05, 0.1) is 6.10 Å². The number of aliphatic hydroxyl groups is 1. The van der Waals surface area contributed by atoms with Gasteiger partial charge in [-0.25, -0.2) is 8.78 Å². The van der Waals surface area contributed by atoms with Gasteiger partial charge in [0.2, 0.25) is 0 Å². The number of hydrogen-bond acceptors (Lipinski definition) is 3. The van der Waals surface area contributed by atoms with E-state index in [0.29, 0.717) is 26.2 Å². The maximum absolute atomic E-state index is 13.2. The topological polar surface area (TPSA) is 43.8 Å². The fraction of sp³-hybridized carbons (Fsp3) is 0.562. The molecule has 0 bridgehead atoms. The SMILES string of the molecule is O=C(c1cc(F)cc(F)c1)N1CCN(C2CCCC2O)CC1. The van der Waals surface area contributed by atoms with E-state index in [2.05, 4.69) is 4.90 Å². The van der Waals surface area contributed by atoms with Crippen LogP contribution in [-0.4, -0.2) is 59.1 Å². The van der Waals surface area contributed by atoms with Crippen molar-refractivity contribution in [1.82, 2.24) is 9.80 Å². The summed E-state index contributed by atoms with van der Waals surface area (Å²) in [6.07, 6.45) is 2.59. The highest BCUT2D eigenvalue weighted by atomic mass is 19.1. The lowest BCUT2D eigenvalue weighted by molar-refractivity contribution is 0.0315. The maximum Gasteiger partial charge on any atom is 0.254 e. The van der Waals surface area contributed by atoms with Crippen molar-refractivity contribution in [3.8, 4) is 0 Å². The van der Waals surface area contributed by atoms with Gasteiger partial charge >= 0.3 is 0 Å². The Labute approximate surface area is 128 Å². The fourth-order valence-corrected chi connectivity index (χ4v) is 3.46. The van der Waals surface area contributed by atoms with Gasteiger partial charge in [0.25, 0.3) is 5.91 Å². The third kappa shape index (κ3) is 3.13. The van der Waals surface area contributed by atoms with Crippen molar-refractivity contribution in [2.75, 3.05) is 26.2 Å². The van der Waals surface area contributed by atoms with E-state index in [0.717, 1.165) is 37.5 Å². The molecule has 3 rings (SSSR count). The molecule has 1 N–H and O–H groups in total. The summed E-state index contributed by atoms with van der Waals surface area (Å²) in [6, 6.07) is 3.08. The average molecular weight is 310 g/mol. The minimum Gasteiger partial charge on any atom is -0.391 e. The van der Waals surface area contributed by atoms with E-state index in [1.54, 1.807) is 4.90 Å². The summed E-state index contributed by atoms with van der Waals surface area (Å²) in [5, 5.41) is 9.95. The van der Waals surface area contributed by atoms with E-state index in [9.17, 15) is 18.7 Å². The second kappa shape index (κ2) is 6.30. The van der Waals surface area contributed by atoms with Crippen LogP contribution in [0, 0.1) is 11.6 Å². The van der Waals surface area contributed by atoms with Gasteiger partial charge in [-0.15, -0.1) is 0 Å².